The molecule has 0 spiro atoms. The van der Waals surface area contributed by atoms with Crippen molar-refractivity contribution in [1.29, 1.82) is 0 Å². The fourth-order valence-electron chi connectivity index (χ4n) is 3.54. The molecule has 1 fully saturated rings. The zero-order valence-corrected chi connectivity index (χ0v) is 15.8. The number of aliphatic hydroxyl groups is 1. The van der Waals surface area contributed by atoms with Crippen LogP contribution in [-0.2, 0) is 0 Å². The molecule has 0 bridgehead atoms. The van der Waals surface area contributed by atoms with E-state index in [0.717, 1.165) is 38.4 Å². The van der Waals surface area contributed by atoms with E-state index in [1.807, 2.05) is 13.8 Å². The highest BCUT2D eigenvalue weighted by molar-refractivity contribution is 5.46. The van der Waals surface area contributed by atoms with Crippen molar-refractivity contribution >= 4 is 5.69 Å². The monoisotopic (exact) mass is 332 g/mol. The molecule has 1 aliphatic rings. The first kappa shape index (κ1) is 19.3. The summed E-state index contributed by atoms with van der Waals surface area (Å²) < 4.78 is 0. The third-order valence-corrected chi connectivity index (χ3v) is 5.17. The van der Waals surface area contributed by atoms with Gasteiger partial charge in [-0.2, -0.15) is 0 Å². The van der Waals surface area contributed by atoms with Gasteiger partial charge in [0.05, 0.1) is 5.60 Å². The average molecular weight is 333 g/mol. The van der Waals surface area contributed by atoms with E-state index < -0.39 is 5.60 Å². The Morgan fingerprint density at radius 3 is 2.46 bits per heavy atom. The lowest BCUT2D eigenvalue weighted by Gasteiger charge is -2.34. The fourth-order valence-corrected chi connectivity index (χ4v) is 3.54. The van der Waals surface area contributed by atoms with E-state index in [1.165, 1.54) is 31.4 Å². The fraction of sp³-hybridized carbons (Fsp3) is 0.714. The predicted molar refractivity (Wildman–Crippen MR) is 104 cm³/mol. The number of nitrogens with zero attached hydrogens (tertiary/aromatic N) is 1. The first-order chi connectivity index (χ1) is 11.4. The second kappa shape index (κ2) is 9.43. The molecule has 1 aromatic carbocycles. The van der Waals surface area contributed by atoms with Gasteiger partial charge < -0.3 is 15.3 Å². The minimum Gasteiger partial charge on any atom is -0.390 e. The largest absolute Gasteiger partial charge is 0.390 e. The number of benzene rings is 1. The van der Waals surface area contributed by atoms with Crippen molar-refractivity contribution in [2.75, 3.05) is 24.5 Å². The zero-order valence-electron chi connectivity index (χ0n) is 15.8. The van der Waals surface area contributed by atoms with Crippen LogP contribution in [0, 0.1) is 5.92 Å². The topological polar surface area (TPSA) is 35.5 Å². The highest BCUT2D eigenvalue weighted by atomic mass is 16.3. The molecular formula is C21H36N2O. The molecule has 1 saturated heterocycles. The maximum atomic E-state index is 9.76. The van der Waals surface area contributed by atoms with Crippen LogP contribution < -0.4 is 10.2 Å². The second-order valence-electron chi connectivity index (χ2n) is 8.15. The van der Waals surface area contributed by atoms with Crippen LogP contribution in [0.25, 0.3) is 0 Å². The average Bonchev–Trinajstić information content (AvgIpc) is 2.55. The molecule has 2 rings (SSSR count). The first-order valence-corrected chi connectivity index (χ1v) is 9.70. The van der Waals surface area contributed by atoms with Crippen molar-refractivity contribution in [3.05, 3.63) is 30.3 Å². The van der Waals surface area contributed by atoms with E-state index in [1.54, 1.807) is 0 Å². The quantitative estimate of drug-likeness (QED) is 0.711. The van der Waals surface area contributed by atoms with Gasteiger partial charge >= 0.3 is 0 Å². The smallest absolute Gasteiger partial charge is 0.0591 e. The molecule has 24 heavy (non-hydrogen) atoms. The second-order valence-corrected chi connectivity index (χ2v) is 8.15. The van der Waals surface area contributed by atoms with Gasteiger partial charge in [-0.15, -0.1) is 0 Å². The Labute approximate surface area is 148 Å². The van der Waals surface area contributed by atoms with Crippen molar-refractivity contribution < 1.29 is 5.11 Å². The van der Waals surface area contributed by atoms with Crippen LogP contribution >= 0.6 is 0 Å². The molecule has 0 amide bonds. The Balaban J connectivity index is 1.56. The van der Waals surface area contributed by atoms with Gasteiger partial charge in [-0.05, 0) is 64.1 Å². The standard InChI is InChI=1S/C21H36N2O/c1-18(8-7-14-21(2,3)24)11-15-22-19-12-16-23(17-13-19)20-9-5-4-6-10-20/h4-6,9-10,18-19,22,24H,7-8,11-17H2,1-3H3. The number of para-hydroxylation sites is 1. The number of rotatable bonds is 9. The number of anilines is 1. The van der Waals surface area contributed by atoms with Gasteiger partial charge in [-0.1, -0.05) is 38.0 Å². The number of hydrogen-bond acceptors (Lipinski definition) is 3. The van der Waals surface area contributed by atoms with Gasteiger partial charge in [0.1, 0.15) is 0 Å². The van der Waals surface area contributed by atoms with E-state index in [9.17, 15) is 5.11 Å². The maximum absolute atomic E-state index is 9.76. The number of nitrogens with one attached hydrogen (secondary N) is 1. The van der Waals surface area contributed by atoms with Crippen LogP contribution in [-0.4, -0.2) is 36.4 Å². The van der Waals surface area contributed by atoms with Gasteiger partial charge in [0.2, 0.25) is 0 Å². The minimum atomic E-state index is -0.509. The molecule has 1 heterocycles. The van der Waals surface area contributed by atoms with Crippen LogP contribution in [0.5, 0.6) is 0 Å². The van der Waals surface area contributed by atoms with Crippen molar-refractivity contribution in [3.8, 4) is 0 Å². The highest BCUT2D eigenvalue weighted by Gasteiger charge is 2.19. The summed E-state index contributed by atoms with van der Waals surface area (Å²) in [5.74, 6) is 0.740. The lowest BCUT2D eigenvalue weighted by Crippen LogP contribution is -2.43. The van der Waals surface area contributed by atoms with Gasteiger partial charge in [0, 0.05) is 24.8 Å². The van der Waals surface area contributed by atoms with Crippen molar-refractivity contribution in [1.82, 2.24) is 5.32 Å². The normalized spacial score (nSPS) is 17.9. The van der Waals surface area contributed by atoms with E-state index >= 15 is 0 Å². The van der Waals surface area contributed by atoms with Crippen molar-refractivity contribution in [2.24, 2.45) is 5.92 Å². The SMILES string of the molecule is CC(CCCC(C)(C)O)CCNC1CCN(c2ccccc2)CC1. The molecule has 1 aliphatic heterocycles. The van der Waals surface area contributed by atoms with E-state index in [-0.39, 0.29) is 0 Å². The molecule has 0 aliphatic carbocycles. The molecule has 136 valence electrons. The maximum Gasteiger partial charge on any atom is 0.0591 e. The predicted octanol–water partition coefficient (Wildman–Crippen LogP) is 4.21. The van der Waals surface area contributed by atoms with Crippen molar-refractivity contribution in [3.63, 3.8) is 0 Å². The lowest BCUT2D eigenvalue weighted by atomic mass is 9.95. The van der Waals surface area contributed by atoms with E-state index in [2.05, 4.69) is 47.5 Å². The zero-order chi connectivity index (χ0) is 17.4. The Hall–Kier alpha value is -1.06. The summed E-state index contributed by atoms with van der Waals surface area (Å²) in [5.41, 5.74) is 0.849. The Morgan fingerprint density at radius 1 is 1.17 bits per heavy atom. The summed E-state index contributed by atoms with van der Waals surface area (Å²) in [7, 11) is 0. The molecule has 2 N–H and O–H groups in total. The summed E-state index contributed by atoms with van der Waals surface area (Å²) in [6.45, 7) is 9.58. The van der Waals surface area contributed by atoms with Crippen LogP contribution in [0.15, 0.2) is 30.3 Å². The summed E-state index contributed by atoms with van der Waals surface area (Å²) in [4.78, 5) is 2.50. The number of piperidine rings is 1. The molecule has 0 saturated carbocycles. The molecule has 3 nitrogen and oxygen atoms in total. The Bertz CT molecular complexity index is 447. The molecular weight excluding hydrogens is 296 g/mol. The third-order valence-electron chi connectivity index (χ3n) is 5.17. The molecule has 3 heteroatoms. The third kappa shape index (κ3) is 7.23. The first-order valence-electron chi connectivity index (χ1n) is 9.70. The van der Waals surface area contributed by atoms with Gasteiger partial charge in [-0.3, -0.25) is 0 Å². The lowest BCUT2D eigenvalue weighted by molar-refractivity contribution is 0.0669. The summed E-state index contributed by atoms with van der Waals surface area (Å²) in [6, 6.07) is 11.4. The van der Waals surface area contributed by atoms with Crippen LogP contribution in [0.3, 0.4) is 0 Å². The van der Waals surface area contributed by atoms with Crippen LogP contribution in [0.1, 0.15) is 59.3 Å². The van der Waals surface area contributed by atoms with Crippen molar-refractivity contribution in [2.45, 2.75) is 70.9 Å². The molecule has 0 radical (unpaired) electrons. The molecule has 1 unspecified atom stereocenters. The van der Waals surface area contributed by atoms with E-state index in [0.29, 0.717) is 6.04 Å². The Morgan fingerprint density at radius 2 is 1.83 bits per heavy atom. The molecule has 1 atom stereocenters. The molecule has 0 aromatic heterocycles. The van der Waals surface area contributed by atoms with Gasteiger partial charge in [0.15, 0.2) is 0 Å². The minimum absolute atomic E-state index is 0.509. The number of hydrogen-bond donors (Lipinski definition) is 2. The highest BCUT2D eigenvalue weighted by Crippen LogP contribution is 2.20. The van der Waals surface area contributed by atoms with Gasteiger partial charge in [-0.25, -0.2) is 0 Å². The van der Waals surface area contributed by atoms with Crippen LogP contribution in [0.2, 0.25) is 0 Å². The summed E-state index contributed by atoms with van der Waals surface area (Å²) in [5, 5.41) is 13.5. The molecule has 1 aromatic rings. The van der Waals surface area contributed by atoms with E-state index in [4.69, 9.17) is 0 Å². The summed E-state index contributed by atoms with van der Waals surface area (Å²) in [6.07, 6.45) is 6.97. The van der Waals surface area contributed by atoms with Crippen LogP contribution in [0.4, 0.5) is 5.69 Å². The summed E-state index contributed by atoms with van der Waals surface area (Å²) >= 11 is 0. The van der Waals surface area contributed by atoms with Gasteiger partial charge in [0.25, 0.3) is 0 Å². The Kier molecular flexibility index (Phi) is 7.57.